The molecule has 2 rings (SSSR count). The van der Waals surface area contributed by atoms with Gasteiger partial charge in [-0.25, -0.2) is 13.1 Å². The lowest BCUT2D eigenvalue weighted by molar-refractivity contribution is 0.423. The molecule has 0 bridgehead atoms. The van der Waals surface area contributed by atoms with Crippen molar-refractivity contribution in [2.45, 2.75) is 47.7 Å². The van der Waals surface area contributed by atoms with E-state index in [2.05, 4.69) is 36.6 Å². The predicted molar refractivity (Wildman–Crippen MR) is 82.0 cm³/mol. The summed E-state index contributed by atoms with van der Waals surface area (Å²) in [5.74, 6) is 0. The average Bonchev–Trinajstić information content (AvgIpc) is 2.63. The molecule has 1 saturated carbocycles. The van der Waals surface area contributed by atoms with Crippen LogP contribution in [0.4, 0.5) is 0 Å². The molecule has 1 aliphatic carbocycles. The molecular formula is C11H15Br2NO2S2. The second-order valence-corrected chi connectivity index (χ2v) is 10.2. The van der Waals surface area contributed by atoms with Crippen LogP contribution >= 0.6 is 43.2 Å². The van der Waals surface area contributed by atoms with Crippen LogP contribution in [-0.4, -0.2) is 19.3 Å². The third-order valence-corrected chi connectivity index (χ3v) is 8.12. The number of thiophene rings is 1. The molecule has 0 aliphatic heterocycles. The molecule has 0 saturated heterocycles. The van der Waals surface area contributed by atoms with Crippen molar-refractivity contribution in [3.8, 4) is 0 Å². The normalized spacial score (nSPS) is 25.3. The van der Waals surface area contributed by atoms with Crippen LogP contribution in [0.1, 0.15) is 31.2 Å². The van der Waals surface area contributed by atoms with Crippen molar-refractivity contribution in [1.29, 1.82) is 0 Å². The number of rotatable bonds is 3. The zero-order valence-electron chi connectivity index (χ0n) is 9.95. The maximum atomic E-state index is 12.2. The van der Waals surface area contributed by atoms with E-state index in [0.29, 0.717) is 9.04 Å². The van der Waals surface area contributed by atoms with Crippen molar-refractivity contribution in [2.24, 2.45) is 0 Å². The van der Waals surface area contributed by atoms with E-state index in [1.54, 1.807) is 6.07 Å². The zero-order chi connectivity index (χ0) is 13.3. The van der Waals surface area contributed by atoms with Gasteiger partial charge in [0.25, 0.3) is 0 Å². The van der Waals surface area contributed by atoms with E-state index in [0.717, 1.165) is 35.0 Å². The van der Waals surface area contributed by atoms with E-state index in [9.17, 15) is 8.42 Å². The fourth-order valence-corrected chi connectivity index (χ4v) is 6.09. The maximum absolute atomic E-state index is 12.2. The molecular weight excluding hydrogens is 402 g/mol. The Labute approximate surface area is 129 Å². The predicted octanol–water partition coefficient (Wildman–Crippen LogP) is 3.80. The number of alkyl halides is 1. The Kier molecular flexibility index (Phi) is 4.91. The number of hydrogen-bond acceptors (Lipinski definition) is 3. The third kappa shape index (κ3) is 3.56. The topological polar surface area (TPSA) is 46.2 Å². The Morgan fingerprint density at radius 1 is 1.33 bits per heavy atom. The van der Waals surface area contributed by atoms with Gasteiger partial charge in [-0.3, -0.25) is 0 Å². The molecule has 0 amide bonds. The number of sulfonamides is 1. The summed E-state index contributed by atoms with van der Waals surface area (Å²) in [6.45, 7) is 1.90. The van der Waals surface area contributed by atoms with Crippen LogP contribution in [0.3, 0.4) is 0 Å². The first-order valence-electron chi connectivity index (χ1n) is 5.81. The molecule has 1 aromatic rings. The lowest BCUT2D eigenvalue weighted by Gasteiger charge is -2.25. The minimum absolute atomic E-state index is 0.0741. The highest BCUT2D eigenvalue weighted by atomic mass is 79.9. The Hall–Kier alpha value is 0.570. The van der Waals surface area contributed by atoms with Crippen molar-refractivity contribution < 1.29 is 8.42 Å². The van der Waals surface area contributed by atoms with E-state index in [1.165, 1.54) is 11.3 Å². The van der Waals surface area contributed by atoms with Gasteiger partial charge >= 0.3 is 0 Å². The molecule has 1 aliphatic rings. The van der Waals surface area contributed by atoms with Crippen LogP contribution in [0.15, 0.2) is 14.1 Å². The third-order valence-electron chi connectivity index (χ3n) is 3.08. The summed E-state index contributed by atoms with van der Waals surface area (Å²) >= 11 is 8.20. The van der Waals surface area contributed by atoms with Crippen LogP contribution < -0.4 is 4.72 Å². The van der Waals surface area contributed by atoms with E-state index >= 15 is 0 Å². The largest absolute Gasteiger partial charge is 0.250 e. The van der Waals surface area contributed by atoms with Gasteiger partial charge in [0.15, 0.2) is 0 Å². The second-order valence-electron chi connectivity index (χ2n) is 4.59. The quantitative estimate of drug-likeness (QED) is 0.761. The van der Waals surface area contributed by atoms with Gasteiger partial charge in [0.2, 0.25) is 10.0 Å². The fraction of sp³-hybridized carbons (Fsp3) is 0.636. The molecule has 0 aromatic carbocycles. The molecule has 18 heavy (non-hydrogen) atoms. The number of nitrogens with one attached hydrogen (secondary N) is 1. The summed E-state index contributed by atoms with van der Waals surface area (Å²) in [6, 6.07) is 1.79. The van der Waals surface area contributed by atoms with Gasteiger partial charge in [0.05, 0.1) is 3.79 Å². The molecule has 0 unspecified atom stereocenters. The molecule has 0 radical (unpaired) electrons. The Morgan fingerprint density at radius 3 is 2.44 bits per heavy atom. The average molecular weight is 417 g/mol. The summed E-state index contributed by atoms with van der Waals surface area (Å²) in [6.07, 6.45) is 3.86. The number of hydrogen-bond donors (Lipinski definition) is 1. The van der Waals surface area contributed by atoms with E-state index < -0.39 is 10.0 Å². The molecule has 1 heterocycles. The van der Waals surface area contributed by atoms with Gasteiger partial charge in [-0.15, -0.1) is 11.3 Å². The SMILES string of the molecule is Cc1cc(S(=O)(=O)NC2CCC(Br)CC2)sc1Br. The molecule has 1 fully saturated rings. The van der Waals surface area contributed by atoms with Crippen LogP contribution in [0.25, 0.3) is 0 Å². The summed E-state index contributed by atoms with van der Waals surface area (Å²) in [5.41, 5.74) is 0.963. The van der Waals surface area contributed by atoms with Gasteiger partial charge in [-0.2, -0.15) is 0 Å². The summed E-state index contributed by atoms with van der Waals surface area (Å²) in [7, 11) is -3.36. The monoisotopic (exact) mass is 415 g/mol. The first kappa shape index (κ1) is 15.0. The maximum Gasteiger partial charge on any atom is 0.250 e. The molecule has 102 valence electrons. The van der Waals surface area contributed by atoms with Crippen molar-refractivity contribution in [3.05, 3.63) is 15.4 Å². The van der Waals surface area contributed by atoms with Crippen molar-refractivity contribution in [3.63, 3.8) is 0 Å². The Bertz CT molecular complexity index is 500. The minimum Gasteiger partial charge on any atom is -0.207 e. The smallest absolute Gasteiger partial charge is 0.207 e. The van der Waals surface area contributed by atoms with Crippen LogP contribution in [-0.2, 0) is 10.0 Å². The van der Waals surface area contributed by atoms with E-state index in [4.69, 9.17) is 0 Å². The summed E-state index contributed by atoms with van der Waals surface area (Å²) < 4.78 is 28.5. The first-order valence-corrected chi connectivity index (χ1v) is 9.81. The standard InChI is InChI=1S/C11H15Br2NO2S2/c1-7-6-10(17-11(7)13)18(15,16)14-9-4-2-8(12)3-5-9/h6,8-9,14H,2-5H2,1H3. The van der Waals surface area contributed by atoms with Crippen LogP contribution in [0.5, 0.6) is 0 Å². The molecule has 1 aromatic heterocycles. The van der Waals surface area contributed by atoms with E-state index in [1.807, 2.05) is 6.92 Å². The molecule has 3 nitrogen and oxygen atoms in total. The Morgan fingerprint density at radius 2 is 1.94 bits per heavy atom. The molecule has 0 spiro atoms. The molecule has 7 heteroatoms. The fourth-order valence-electron chi connectivity index (χ4n) is 2.01. The van der Waals surface area contributed by atoms with Gasteiger partial charge in [0, 0.05) is 10.9 Å². The van der Waals surface area contributed by atoms with Gasteiger partial charge < -0.3 is 0 Å². The zero-order valence-corrected chi connectivity index (χ0v) is 14.8. The highest BCUT2D eigenvalue weighted by Crippen LogP contribution is 2.31. The number of halogens is 2. The highest BCUT2D eigenvalue weighted by Gasteiger charge is 2.26. The summed E-state index contributed by atoms with van der Waals surface area (Å²) in [4.78, 5) is 0.538. The molecule has 0 atom stereocenters. The summed E-state index contributed by atoms with van der Waals surface area (Å²) in [5, 5.41) is 0. The highest BCUT2D eigenvalue weighted by molar-refractivity contribution is 9.11. The van der Waals surface area contributed by atoms with Gasteiger partial charge in [0.1, 0.15) is 4.21 Å². The van der Waals surface area contributed by atoms with Gasteiger partial charge in [-0.05, 0) is 60.2 Å². The second kappa shape index (κ2) is 5.91. The van der Waals surface area contributed by atoms with Crippen molar-refractivity contribution >= 4 is 53.2 Å². The van der Waals surface area contributed by atoms with Crippen LogP contribution in [0, 0.1) is 6.92 Å². The Balaban J connectivity index is 2.08. The van der Waals surface area contributed by atoms with Crippen molar-refractivity contribution in [1.82, 2.24) is 4.72 Å². The molecule has 1 N–H and O–H groups in total. The minimum atomic E-state index is -3.36. The van der Waals surface area contributed by atoms with E-state index in [-0.39, 0.29) is 6.04 Å². The lowest BCUT2D eigenvalue weighted by atomic mass is 9.96. The first-order chi connectivity index (χ1) is 8.38. The van der Waals surface area contributed by atoms with Gasteiger partial charge in [-0.1, -0.05) is 15.9 Å². The van der Waals surface area contributed by atoms with Crippen molar-refractivity contribution in [2.75, 3.05) is 0 Å². The lowest BCUT2D eigenvalue weighted by Crippen LogP contribution is -2.37. The van der Waals surface area contributed by atoms with Crippen LogP contribution in [0.2, 0.25) is 0 Å². The number of aryl methyl sites for hydroxylation is 1.